The minimum Gasteiger partial charge on any atom is -0.329 e. The molecule has 1 N–H and O–H groups in total. The Labute approximate surface area is 144 Å². The quantitative estimate of drug-likeness (QED) is 0.777. The lowest BCUT2D eigenvalue weighted by molar-refractivity contribution is 0.321. The summed E-state index contributed by atoms with van der Waals surface area (Å²) in [5.74, 6) is 0.315. The summed E-state index contributed by atoms with van der Waals surface area (Å²) < 4.78 is 27.5. The number of nitrogens with zero attached hydrogens (tertiary/aromatic N) is 3. The number of hydrogen-bond donors (Lipinski definition) is 1. The molecular weight excluding hydrogens is 344 g/mol. The third-order valence-electron chi connectivity index (χ3n) is 4.55. The highest BCUT2D eigenvalue weighted by atomic mass is 32.2. The summed E-state index contributed by atoms with van der Waals surface area (Å²) >= 11 is 1.34. The van der Waals surface area contributed by atoms with E-state index < -0.39 is 10.0 Å². The minimum absolute atomic E-state index is 0.315. The maximum absolute atomic E-state index is 12.7. The van der Waals surface area contributed by atoms with Crippen molar-refractivity contribution in [1.29, 1.82) is 0 Å². The predicted molar refractivity (Wildman–Crippen MR) is 93.7 cm³/mol. The lowest BCUT2D eigenvalue weighted by Gasteiger charge is -2.31. The molecule has 6 nitrogen and oxygen atoms in total. The van der Waals surface area contributed by atoms with Crippen molar-refractivity contribution in [1.82, 2.24) is 19.3 Å². The van der Waals surface area contributed by atoms with Crippen molar-refractivity contribution in [2.45, 2.75) is 29.9 Å². The van der Waals surface area contributed by atoms with Gasteiger partial charge in [0.15, 0.2) is 5.65 Å². The van der Waals surface area contributed by atoms with E-state index in [4.69, 9.17) is 0 Å². The maximum atomic E-state index is 12.7. The van der Waals surface area contributed by atoms with E-state index in [1.165, 1.54) is 11.3 Å². The number of pyridine rings is 1. The smallest absolute Gasteiger partial charge is 0.252 e. The number of aryl methyl sites for hydroxylation is 1. The molecule has 1 aliphatic rings. The zero-order valence-electron chi connectivity index (χ0n) is 13.3. The fourth-order valence-corrected chi connectivity index (χ4v) is 6.19. The van der Waals surface area contributed by atoms with Crippen LogP contribution in [0.1, 0.15) is 29.2 Å². The Balaban J connectivity index is 1.54. The molecular formula is C16H18N4O2S2. The molecule has 1 fully saturated rings. The number of imidazole rings is 1. The number of aromatic amines is 1. The molecule has 0 atom stereocenters. The van der Waals surface area contributed by atoms with E-state index in [0.717, 1.165) is 34.4 Å². The molecule has 0 spiro atoms. The van der Waals surface area contributed by atoms with Gasteiger partial charge in [-0.2, -0.15) is 4.31 Å². The number of nitrogens with one attached hydrogen (secondary N) is 1. The second kappa shape index (κ2) is 5.94. The van der Waals surface area contributed by atoms with Crippen molar-refractivity contribution in [2.24, 2.45) is 0 Å². The molecule has 1 aliphatic heterocycles. The first kappa shape index (κ1) is 15.7. The predicted octanol–water partition coefficient (Wildman–Crippen LogP) is 2.90. The molecule has 3 aromatic heterocycles. The Morgan fingerprint density at radius 3 is 2.71 bits per heavy atom. The van der Waals surface area contributed by atoms with Gasteiger partial charge >= 0.3 is 0 Å². The first-order valence-electron chi connectivity index (χ1n) is 7.90. The van der Waals surface area contributed by atoms with Crippen LogP contribution in [0.5, 0.6) is 0 Å². The first-order valence-corrected chi connectivity index (χ1v) is 10.2. The van der Waals surface area contributed by atoms with E-state index in [0.29, 0.717) is 23.2 Å². The van der Waals surface area contributed by atoms with Crippen molar-refractivity contribution in [3.8, 4) is 0 Å². The standard InChI is InChI=1S/C16H18N4O2S2/c1-11-2-3-14(23-11)24(21,22)20-8-5-12(6-9-20)13-4-7-17-16-15(13)18-10-19-16/h2-4,7,10,12H,5-6,8-9H2,1H3,(H,17,18,19). The van der Waals surface area contributed by atoms with E-state index in [2.05, 4.69) is 15.0 Å². The van der Waals surface area contributed by atoms with Crippen LogP contribution in [0.25, 0.3) is 11.2 Å². The van der Waals surface area contributed by atoms with Crippen LogP contribution in [0.15, 0.2) is 34.9 Å². The molecule has 0 unspecified atom stereocenters. The molecule has 0 aromatic carbocycles. The third-order valence-corrected chi connectivity index (χ3v) is 7.92. The van der Waals surface area contributed by atoms with Gasteiger partial charge in [0.1, 0.15) is 9.73 Å². The van der Waals surface area contributed by atoms with Crippen LogP contribution in [0.3, 0.4) is 0 Å². The van der Waals surface area contributed by atoms with Crippen molar-refractivity contribution in [3.63, 3.8) is 0 Å². The van der Waals surface area contributed by atoms with Gasteiger partial charge in [0, 0.05) is 24.2 Å². The molecule has 8 heteroatoms. The second-order valence-electron chi connectivity index (χ2n) is 6.04. The summed E-state index contributed by atoms with van der Waals surface area (Å²) in [4.78, 5) is 12.7. The molecule has 0 aliphatic carbocycles. The van der Waals surface area contributed by atoms with E-state index in [1.807, 2.05) is 19.1 Å². The molecule has 0 amide bonds. The third kappa shape index (κ3) is 2.64. The van der Waals surface area contributed by atoms with Gasteiger partial charge in [-0.05, 0) is 49.4 Å². The van der Waals surface area contributed by atoms with Crippen molar-refractivity contribution in [2.75, 3.05) is 13.1 Å². The van der Waals surface area contributed by atoms with E-state index in [9.17, 15) is 8.42 Å². The van der Waals surface area contributed by atoms with Gasteiger partial charge in [-0.25, -0.2) is 18.4 Å². The summed E-state index contributed by atoms with van der Waals surface area (Å²) in [6, 6.07) is 5.56. The first-order chi connectivity index (χ1) is 11.6. The molecule has 24 heavy (non-hydrogen) atoms. The molecule has 3 aromatic rings. The topological polar surface area (TPSA) is 79.0 Å². The summed E-state index contributed by atoms with van der Waals surface area (Å²) in [6.45, 7) is 3.00. The number of aromatic nitrogens is 3. The number of hydrogen-bond acceptors (Lipinski definition) is 5. The average Bonchev–Trinajstić information content (AvgIpc) is 3.23. The van der Waals surface area contributed by atoms with Crippen LogP contribution in [0.2, 0.25) is 0 Å². The SMILES string of the molecule is Cc1ccc(S(=O)(=O)N2CCC(c3ccnc4[nH]cnc34)CC2)s1. The summed E-state index contributed by atoms with van der Waals surface area (Å²) in [5, 5.41) is 0. The number of sulfonamides is 1. The lowest BCUT2D eigenvalue weighted by Crippen LogP contribution is -2.37. The molecule has 0 saturated carbocycles. The zero-order valence-corrected chi connectivity index (χ0v) is 14.9. The summed E-state index contributed by atoms with van der Waals surface area (Å²) in [6.07, 6.45) is 5.04. The lowest BCUT2D eigenvalue weighted by atomic mass is 9.90. The Morgan fingerprint density at radius 2 is 2.00 bits per heavy atom. The molecule has 4 heterocycles. The van der Waals surface area contributed by atoms with Crippen LogP contribution in [0.4, 0.5) is 0 Å². The van der Waals surface area contributed by atoms with E-state index in [1.54, 1.807) is 22.9 Å². The highest BCUT2D eigenvalue weighted by molar-refractivity contribution is 7.91. The normalized spacial score (nSPS) is 17.5. The zero-order chi connectivity index (χ0) is 16.7. The Morgan fingerprint density at radius 1 is 1.21 bits per heavy atom. The number of rotatable bonds is 3. The van der Waals surface area contributed by atoms with Gasteiger partial charge < -0.3 is 4.98 Å². The van der Waals surface area contributed by atoms with E-state index >= 15 is 0 Å². The van der Waals surface area contributed by atoms with Gasteiger partial charge in [-0.15, -0.1) is 11.3 Å². The highest BCUT2D eigenvalue weighted by Crippen LogP contribution is 2.34. The largest absolute Gasteiger partial charge is 0.329 e. The van der Waals surface area contributed by atoms with Crippen molar-refractivity contribution < 1.29 is 8.42 Å². The molecule has 1 saturated heterocycles. The summed E-state index contributed by atoms with van der Waals surface area (Å²) in [7, 11) is -3.36. The second-order valence-corrected chi connectivity index (χ2v) is 9.50. The molecule has 126 valence electrons. The monoisotopic (exact) mass is 362 g/mol. The summed E-state index contributed by atoms with van der Waals surface area (Å²) in [5.41, 5.74) is 2.84. The van der Waals surface area contributed by atoms with Gasteiger partial charge in [0.05, 0.1) is 6.33 Å². The number of H-pyrrole nitrogens is 1. The van der Waals surface area contributed by atoms with Gasteiger partial charge in [-0.1, -0.05) is 0 Å². The molecule has 0 radical (unpaired) electrons. The van der Waals surface area contributed by atoms with Crippen LogP contribution in [-0.2, 0) is 10.0 Å². The van der Waals surface area contributed by atoms with Gasteiger partial charge in [0.2, 0.25) is 0 Å². The van der Waals surface area contributed by atoms with Crippen LogP contribution in [0, 0.1) is 6.92 Å². The van der Waals surface area contributed by atoms with Crippen LogP contribution in [-0.4, -0.2) is 40.8 Å². The Kier molecular flexibility index (Phi) is 3.90. The van der Waals surface area contributed by atoms with Gasteiger partial charge in [0.25, 0.3) is 10.0 Å². The number of piperidine rings is 1. The molecule has 0 bridgehead atoms. The highest BCUT2D eigenvalue weighted by Gasteiger charge is 2.31. The van der Waals surface area contributed by atoms with E-state index in [-0.39, 0.29) is 0 Å². The molecule has 4 rings (SSSR count). The van der Waals surface area contributed by atoms with Crippen LogP contribution < -0.4 is 0 Å². The average molecular weight is 362 g/mol. The fraction of sp³-hybridized carbons (Fsp3) is 0.375. The Hall–Kier alpha value is -1.77. The maximum Gasteiger partial charge on any atom is 0.252 e. The Bertz CT molecular complexity index is 969. The van der Waals surface area contributed by atoms with Crippen molar-refractivity contribution in [3.05, 3.63) is 41.2 Å². The van der Waals surface area contributed by atoms with Crippen LogP contribution >= 0.6 is 11.3 Å². The number of thiophene rings is 1. The minimum atomic E-state index is -3.36. The number of fused-ring (bicyclic) bond motifs is 1. The fourth-order valence-electron chi connectivity index (χ4n) is 3.28. The van der Waals surface area contributed by atoms with Crippen molar-refractivity contribution >= 4 is 32.5 Å². The van der Waals surface area contributed by atoms with Gasteiger partial charge in [-0.3, -0.25) is 0 Å².